The molecule has 6 nitrogen and oxygen atoms in total. The minimum Gasteiger partial charge on any atom is -0.480 e. The summed E-state index contributed by atoms with van der Waals surface area (Å²) >= 11 is 0. The molecule has 0 aromatic carbocycles. The molecule has 1 aliphatic carbocycles. The van der Waals surface area contributed by atoms with Gasteiger partial charge in [-0.2, -0.15) is 0 Å². The third-order valence-corrected chi connectivity index (χ3v) is 3.34. The zero-order chi connectivity index (χ0) is 13.9. The Balaban J connectivity index is 2.44. The Morgan fingerprint density at radius 1 is 1.39 bits per heavy atom. The van der Waals surface area contributed by atoms with Crippen LogP contribution in [0.4, 0.5) is 4.79 Å². The monoisotopic (exact) mass is 258 g/mol. The first kappa shape index (κ1) is 14.8. The second-order valence-corrected chi connectivity index (χ2v) is 5.78. The molecule has 0 aromatic rings. The van der Waals surface area contributed by atoms with Crippen LogP contribution in [0.2, 0.25) is 0 Å². The van der Waals surface area contributed by atoms with Gasteiger partial charge in [-0.15, -0.1) is 0 Å². The van der Waals surface area contributed by atoms with Gasteiger partial charge in [-0.25, -0.2) is 9.59 Å². The second kappa shape index (κ2) is 5.56. The molecule has 0 saturated heterocycles. The van der Waals surface area contributed by atoms with Crippen molar-refractivity contribution in [3.05, 3.63) is 0 Å². The fourth-order valence-corrected chi connectivity index (χ4v) is 2.32. The van der Waals surface area contributed by atoms with Crippen molar-refractivity contribution < 1.29 is 19.8 Å². The summed E-state index contributed by atoms with van der Waals surface area (Å²) in [6.45, 7) is 5.61. The van der Waals surface area contributed by atoms with Crippen LogP contribution in [0, 0.1) is 5.41 Å². The van der Waals surface area contributed by atoms with Gasteiger partial charge in [-0.05, 0) is 31.6 Å². The number of aliphatic carboxylic acids is 1. The third kappa shape index (κ3) is 4.18. The lowest BCUT2D eigenvalue weighted by molar-refractivity contribution is -0.141. The van der Waals surface area contributed by atoms with E-state index in [4.69, 9.17) is 5.11 Å². The highest BCUT2D eigenvalue weighted by Gasteiger charge is 2.32. The maximum Gasteiger partial charge on any atom is 0.328 e. The van der Waals surface area contributed by atoms with Crippen molar-refractivity contribution in [3.63, 3.8) is 0 Å². The van der Waals surface area contributed by atoms with Crippen molar-refractivity contribution >= 4 is 12.0 Å². The molecule has 1 rings (SSSR count). The molecule has 1 aliphatic rings. The van der Waals surface area contributed by atoms with Crippen LogP contribution < -0.4 is 10.6 Å². The molecule has 104 valence electrons. The second-order valence-electron chi connectivity index (χ2n) is 5.78. The summed E-state index contributed by atoms with van der Waals surface area (Å²) in [5.41, 5.74) is 0.217. The van der Waals surface area contributed by atoms with E-state index in [0.29, 0.717) is 0 Å². The minimum absolute atomic E-state index is 0.0726. The number of urea groups is 1. The van der Waals surface area contributed by atoms with Crippen molar-refractivity contribution in [1.29, 1.82) is 0 Å². The van der Waals surface area contributed by atoms with E-state index in [1.807, 2.05) is 0 Å². The van der Waals surface area contributed by atoms with Crippen molar-refractivity contribution in [2.75, 3.05) is 0 Å². The van der Waals surface area contributed by atoms with Gasteiger partial charge in [0.25, 0.3) is 0 Å². The van der Waals surface area contributed by atoms with Gasteiger partial charge in [0.1, 0.15) is 0 Å². The fourth-order valence-electron chi connectivity index (χ4n) is 2.32. The molecule has 3 atom stereocenters. The lowest BCUT2D eigenvalue weighted by Gasteiger charge is -2.21. The number of carbonyl (C=O) groups excluding carboxylic acids is 1. The van der Waals surface area contributed by atoms with Gasteiger partial charge in [0, 0.05) is 6.04 Å². The highest BCUT2D eigenvalue weighted by Crippen LogP contribution is 2.36. The van der Waals surface area contributed by atoms with E-state index in [0.717, 1.165) is 19.3 Å². The van der Waals surface area contributed by atoms with Crippen molar-refractivity contribution in [2.24, 2.45) is 5.41 Å². The van der Waals surface area contributed by atoms with Gasteiger partial charge in [0.15, 0.2) is 6.04 Å². The first-order valence-corrected chi connectivity index (χ1v) is 6.19. The number of nitrogens with one attached hydrogen (secondary N) is 2. The highest BCUT2D eigenvalue weighted by atomic mass is 16.4. The summed E-state index contributed by atoms with van der Waals surface area (Å²) in [6.07, 6.45) is 1.68. The quantitative estimate of drug-likeness (QED) is 0.596. The van der Waals surface area contributed by atoms with Crippen LogP contribution in [-0.2, 0) is 4.79 Å². The summed E-state index contributed by atoms with van der Waals surface area (Å²) in [4.78, 5) is 22.4. The number of carboxylic acids is 1. The molecule has 2 amide bonds. The summed E-state index contributed by atoms with van der Waals surface area (Å²) in [7, 11) is 0. The molecule has 0 spiro atoms. The summed E-state index contributed by atoms with van der Waals surface area (Å²) in [5, 5.41) is 23.1. The largest absolute Gasteiger partial charge is 0.480 e. The number of hydrogen-bond donors (Lipinski definition) is 4. The van der Waals surface area contributed by atoms with Crippen LogP contribution in [0.3, 0.4) is 0 Å². The molecule has 6 heteroatoms. The molecule has 18 heavy (non-hydrogen) atoms. The molecule has 0 aliphatic heterocycles. The Labute approximate surface area is 107 Å². The molecule has 4 N–H and O–H groups in total. The fraction of sp³-hybridized carbons (Fsp3) is 0.833. The number of carbonyl (C=O) groups is 2. The Bertz CT molecular complexity index is 328. The molecule has 0 aromatic heterocycles. The Morgan fingerprint density at radius 3 is 2.39 bits per heavy atom. The number of rotatable bonds is 4. The van der Waals surface area contributed by atoms with Crippen molar-refractivity contribution in [3.8, 4) is 0 Å². The predicted octanol–water partition coefficient (Wildman–Crippen LogP) is 0.698. The maximum absolute atomic E-state index is 11.6. The van der Waals surface area contributed by atoms with Gasteiger partial charge in [0.05, 0.1) is 6.10 Å². The van der Waals surface area contributed by atoms with Gasteiger partial charge >= 0.3 is 12.0 Å². The standard InChI is InChI=1S/C12H22N2O4/c1-7(15)9(10(16)17)14-11(18)13-8-4-5-12(2,3)6-8/h7-9,15H,4-6H2,1-3H3,(H,16,17)(H2,13,14,18)/t7-,8?,9+/m1/s1. The first-order valence-electron chi connectivity index (χ1n) is 6.19. The lowest BCUT2D eigenvalue weighted by Crippen LogP contribution is -2.52. The average molecular weight is 258 g/mol. The third-order valence-electron chi connectivity index (χ3n) is 3.34. The van der Waals surface area contributed by atoms with Crippen molar-refractivity contribution in [1.82, 2.24) is 10.6 Å². The molecular formula is C12H22N2O4. The molecule has 1 fully saturated rings. The maximum atomic E-state index is 11.6. The molecular weight excluding hydrogens is 236 g/mol. The van der Waals surface area contributed by atoms with Crippen LogP contribution in [0.25, 0.3) is 0 Å². The molecule has 1 saturated carbocycles. The predicted molar refractivity (Wildman–Crippen MR) is 66.2 cm³/mol. The summed E-state index contributed by atoms with van der Waals surface area (Å²) < 4.78 is 0. The zero-order valence-corrected chi connectivity index (χ0v) is 11.1. The molecule has 1 unspecified atom stereocenters. The smallest absolute Gasteiger partial charge is 0.328 e. The van der Waals surface area contributed by atoms with Gasteiger partial charge in [0.2, 0.25) is 0 Å². The number of carboxylic acid groups (broad SMARTS) is 1. The molecule has 0 bridgehead atoms. The van der Waals surface area contributed by atoms with Crippen LogP contribution in [0.15, 0.2) is 0 Å². The van der Waals surface area contributed by atoms with E-state index >= 15 is 0 Å². The van der Waals surface area contributed by atoms with E-state index < -0.39 is 24.1 Å². The SMILES string of the molecule is C[C@@H](O)[C@H](NC(=O)NC1CCC(C)(C)C1)C(=O)O. The van der Waals surface area contributed by atoms with Gasteiger partial charge in [-0.3, -0.25) is 0 Å². The lowest BCUT2D eigenvalue weighted by atomic mass is 9.92. The zero-order valence-electron chi connectivity index (χ0n) is 11.1. The summed E-state index contributed by atoms with van der Waals surface area (Å²) in [5.74, 6) is -1.24. The minimum atomic E-state index is -1.28. The summed E-state index contributed by atoms with van der Waals surface area (Å²) in [6, 6.07) is -1.74. The van der Waals surface area contributed by atoms with Crippen LogP contribution >= 0.6 is 0 Å². The number of amides is 2. The van der Waals surface area contributed by atoms with Crippen LogP contribution in [0.5, 0.6) is 0 Å². The normalized spacial score (nSPS) is 25.2. The molecule has 0 heterocycles. The highest BCUT2D eigenvalue weighted by molar-refractivity contribution is 5.83. The number of aliphatic hydroxyl groups excluding tert-OH is 1. The van der Waals surface area contributed by atoms with Crippen LogP contribution in [-0.4, -0.2) is 40.4 Å². The average Bonchev–Trinajstić information content (AvgIpc) is 2.53. The number of aliphatic hydroxyl groups is 1. The Kier molecular flexibility index (Phi) is 4.56. The van der Waals surface area contributed by atoms with E-state index in [2.05, 4.69) is 24.5 Å². The Morgan fingerprint density at radius 2 is 2.00 bits per heavy atom. The van der Waals surface area contributed by atoms with Crippen LogP contribution in [0.1, 0.15) is 40.0 Å². The Hall–Kier alpha value is -1.30. The number of hydrogen-bond acceptors (Lipinski definition) is 3. The molecule has 0 radical (unpaired) electrons. The van der Waals surface area contributed by atoms with Gasteiger partial charge in [-0.1, -0.05) is 13.8 Å². The van der Waals surface area contributed by atoms with E-state index in [1.54, 1.807) is 0 Å². The van der Waals surface area contributed by atoms with Gasteiger partial charge < -0.3 is 20.8 Å². The van der Waals surface area contributed by atoms with Crippen molar-refractivity contribution in [2.45, 2.75) is 58.2 Å². The first-order chi connectivity index (χ1) is 8.21. The topological polar surface area (TPSA) is 98.7 Å². The van der Waals surface area contributed by atoms with E-state index in [9.17, 15) is 14.7 Å². The van der Waals surface area contributed by atoms with E-state index in [1.165, 1.54) is 6.92 Å². The van der Waals surface area contributed by atoms with E-state index in [-0.39, 0.29) is 11.5 Å².